The lowest BCUT2D eigenvalue weighted by molar-refractivity contribution is 0.411. The van der Waals surface area contributed by atoms with Gasteiger partial charge in [-0.05, 0) is 43.4 Å². The zero-order valence-corrected chi connectivity index (χ0v) is 10.1. The topological polar surface area (TPSA) is 64.9 Å². The molecule has 1 atom stereocenters. The first kappa shape index (κ1) is 11.3. The summed E-state index contributed by atoms with van der Waals surface area (Å²) in [6.07, 6.45) is 2.23. The Hall–Kier alpha value is -1.75. The van der Waals surface area contributed by atoms with Gasteiger partial charge in [0.2, 0.25) is 0 Å². The van der Waals surface area contributed by atoms with Crippen molar-refractivity contribution in [3.63, 3.8) is 0 Å². The molecule has 1 aliphatic carbocycles. The molecule has 0 saturated heterocycles. The van der Waals surface area contributed by atoms with E-state index in [1.807, 2.05) is 0 Å². The van der Waals surface area contributed by atoms with Gasteiger partial charge in [0.25, 0.3) is 5.89 Å². The Labute approximate surface area is 104 Å². The lowest BCUT2D eigenvalue weighted by Crippen LogP contribution is -2.13. The Morgan fingerprint density at radius 1 is 1.44 bits per heavy atom. The fourth-order valence-electron chi connectivity index (χ4n) is 1.88. The van der Waals surface area contributed by atoms with Crippen LogP contribution < -0.4 is 5.73 Å². The Morgan fingerprint density at radius 3 is 2.89 bits per heavy atom. The monoisotopic (exact) mass is 247 g/mol. The molecule has 2 N–H and O–H groups in total. The van der Waals surface area contributed by atoms with Crippen molar-refractivity contribution in [2.45, 2.75) is 25.8 Å². The van der Waals surface area contributed by atoms with E-state index in [1.165, 1.54) is 6.07 Å². The van der Waals surface area contributed by atoms with Crippen LogP contribution in [-0.2, 0) is 0 Å². The minimum atomic E-state index is -0.279. The summed E-state index contributed by atoms with van der Waals surface area (Å²) in [5, 5.41) is 3.87. The molecule has 18 heavy (non-hydrogen) atoms. The molecule has 4 nitrogen and oxygen atoms in total. The average molecular weight is 247 g/mol. The molecular weight excluding hydrogens is 233 g/mol. The molecule has 0 spiro atoms. The minimum absolute atomic E-state index is 0.169. The summed E-state index contributed by atoms with van der Waals surface area (Å²) in [6, 6.07) is 4.68. The Balaban J connectivity index is 1.89. The van der Waals surface area contributed by atoms with Gasteiger partial charge in [0.1, 0.15) is 5.82 Å². The first-order valence-electron chi connectivity index (χ1n) is 6.01. The standard InChI is InChI=1S/C13H14FN3O/c1-7-2-3-9(6-10(7)14)13-16-12(17-18-13)11(15)8-4-5-8/h2-3,6,8,11H,4-5,15H2,1H3. The molecule has 1 aromatic carbocycles. The molecule has 0 aliphatic heterocycles. The van der Waals surface area contributed by atoms with E-state index in [2.05, 4.69) is 10.1 Å². The molecule has 5 heteroatoms. The second-order valence-electron chi connectivity index (χ2n) is 4.78. The molecule has 1 saturated carbocycles. The molecule has 94 valence electrons. The van der Waals surface area contributed by atoms with Gasteiger partial charge in [-0.3, -0.25) is 0 Å². The molecule has 1 aliphatic rings. The predicted molar refractivity (Wildman–Crippen MR) is 64.1 cm³/mol. The summed E-state index contributed by atoms with van der Waals surface area (Å²) < 4.78 is 18.6. The second-order valence-corrected chi connectivity index (χ2v) is 4.78. The summed E-state index contributed by atoms with van der Waals surface area (Å²) in [7, 11) is 0. The van der Waals surface area contributed by atoms with E-state index >= 15 is 0 Å². The normalized spacial score (nSPS) is 16.8. The molecule has 1 aromatic heterocycles. The summed E-state index contributed by atoms with van der Waals surface area (Å²) in [5.41, 5.74) is 7.16. The highest BCUT2D eigenvalue weighted by atomic mass is 19.1. The third-order valence-corrected chi connectivity index (χ3v) is 3.29. The first-order valence-corrected chi connectivity index (χ1v) is 6.01. The van der Waals surface area contributed by atoms with Gasteiger partial charge < -0.3 is 10.3 Å². The number of rotatable bonds is 3. The van der Waals surface area contributed by atoms with Crippen LogP contribution in [0.2, 0.25) is 0 Å². The Kier molecular flexibility index (Phi) is 2.63. The molecule has 0 radical (unpaired) electrons. The van der Waals surface area contributed by atoms with Crippen LogP contribution in [0.5, 0.6) is 0 Å². The molecule has 1 fully saturated rings. The van der Waals surface area contributed by atoms with E-state index in [0.717, 1.165) is 12.8 Å². The van der Waals surface area contributed by atoms with Crippen molar-refractivity contribution in [3.8, 4) is 11.5 Å². The SMILES string of the molecule is Cc1ccc(-c2nc(C(N)C3CC3)no2)cc1F. The van der Waals surface area contributed by atoms with Crippen molar-refractivity contribution in [2.75, 3.05) is 0 Å². The third-order valence-electron chi connectivity index (χ3n) is 3.29. The Bertz CT molecular complexity index is 577. The molecule has 3 rings (SSSR count). The van der Waals surface area contributed by atoms with Crippen molar-refractivity contribution in [1.29, 1.82) is 0 Å². The molecule has 0 amide bonds. The van der Waals surface area contributed by atoms with Gasteiger partial charge in [-0.2, -0.15) is 4.98 Å². The van der Waals surface area contributed by atoms with Crippen LogP contribution >= 0.6 is 0 Å². The second kappa shape index (κ2) is 4.17. The van der Waals surface area contributed by atoms with E-state index in [-0.39, 0.29) is 11.9 Å². The summed E-state index contributed by atoms with van der Waals surface area (Å²) >= 11 is 0. The van der Waals surface area contributed by atoms with Crippen molar-refractivity contribution in [1.82, 2.24) is 10.1 Å². The number of aromatic nitrogens is 2. The number of nitrogens with two attached hydrogens (primary N) is 1. The first-order chi connectivity index (χ1) is 8.65. The maximum absolute atomic E-state index is 13.5. The molecule has 1 unspecified atom stereocenters. The summed E-state index contributed by atoms with van der Waals surface area (Å²) in [4.78, 5) is 4.24. The van der Waals surface area contributed by atoms with Crippen LogP contribution in [0.1, 0.15) is 30.3 Å². The van der Waals surface area contributed by atoms with Crippen LogP contribution in [0.3, 0.4) is 0 Å². The van der Waals surface area contributed by atoms with Crippen molar-refractivity contribution in [3.05, 3.63) is 35.4 Å². The third kappa shape index (κ3) is 2.01. The van der Waals surface area contributed by atoms with Gasteiger partial charge >= 0.3 is 0 Å². The van der Waals surface area contributed by atoms with Crippen LogP contribution in [0.15, 0.2) is 22.7 Å². The molecule has 2 aromatic rings. The number of benzene rings is 1. The van der Waals surface area contributed by atoms with Gasteiger partial charge in [-0.1, -0.05) is 11.2 Å². The van der Waals surface area contributed by atoms with Gasteiger partial charge in [0.15, 0.2) is 5.82 Å². The lowest BCUT2D eigenvalue weighted by Gasteiger charge is -2.02. The van der Waals surface area contributed by atoms with Crippen molar-refractivity contribution in [2.24, 2.45) is 11.7 Å². The Morgan fingerprint density at radius 2 is 2.22 bits per heavy atom. The number of halogens is 1. The number of aryl methyl sites for hydroxylation is 1. The van der Waals surface area contributed by atoms with E-state index in [9.17, 15) is 4.39 Å². The van der Waals surface area contributed by atoms with Crippen molar-refractivity contribution < 1.29 is 8.91 Å². The van der Waals surface area contributed by atoms with E-state index < -0.39 is 0 Å². The van der Waals surface area contributed by atoms with Gasteiger partial charge in [-0.15, -0.1) is 0 Å². The highest BCUT2D eigenvalue weighted by molar-refractivity contribution is 5.53. The maximum atomic E-state index is 13.5. The molecular formula is C13H14FN3O. The zero-order valence-electron chi connectivity index (χ0n) is 10.1. The summed E-state index contributed by atoms with van der Waals surface area (Å²) in [6.45, 7) is 1.71. The van der Waals surface area contributed by atoms with Crippen LogP contribution in [0.4, 0.5) is 4.39 Å². The van der Waals surface area contributed by atoms with Crippen LogP contribution in [0, 0.1) is 18.7 Å². The number of hydrogen-bond donors (Lipinski definition) is 1. The zero-order chi connectivity index (χ0) is 12.7. The van der Waals surface area contributed by atoms with E-state index in [4.69, 9.17) is 10.3 Å². The highest BCUT2D eigenvalue weighted by Gasteiger charge is 2.32. The predicted octanol–water partition coefficient (Wildman–Crippen LogP) is 2.59. The fraction of sp³-hybridized carbons (Fsp3) is 0.385. The molecule has 1 heterocycles. The van der Waals surface area contributed by atoms with Gasteiger partial charge in [0.05, 0.1) is 6.04 Å². The van der Waals surface area contributed by atoms with Crippen LogP contribution in [-0.4, -0.2) is 10.1 Å². The largest absolute Gasteiger partial charge is 0.334 e. The van der Waals surface area contributed by atoms with Gasteiger partial charge in [-0.25, -0.2) is 4.39 Å². The lowest BCUT2D eigenvalue weighted by atomic mass is 10.1. The molecule has 0 bridgehead atoms. The quantitative estimate of drug-likeness (QED) is 0.905. The van der Waals surface area contributed by atoms with E-state index in [0.29, 0.717) is 28.8 Å². The fourth-order valence-corrected chi connectivity index (χ4v) is 1.88. The maximum Gasteiger partial charge on any atom is 0.258 e. The number of hydrogen-bond acceptors (Lipinski definition) is 4. The van der Waals surface area contributed by atoms with E-state index in [1.54, 1.807) is 19.1 Å². The highest BCUT2D eigenvalue weighted by Crippen LogP contribution is 2.38. The number of nitrogens with zero attached hydrogens (tertiary/aromatic N) is 2. The average Bonchev–Trinajstić information content (AvgIpc) is 3.09. The van der Waals surface area contributed by atoms with Crippen LogP contribution in [0.25, 0.3) is 11.5 Å². The smallest absolute Gasteiger partial charge is 0.258 e. The summed E-state index contributed by atoms with van der Waals surface area (Å²) in [5.74, 6) is 1.01. The minimum Gasteiger partial charge on any atom is -0.334 e. The van der Waals surface area contributed by atoms with Crippen molar-refractivity contribution >= 4 is 0 Å². The van der Waals surface area contributed by atoms with Gasteiger partial charge in [0, 0.05) is 5.56 Å².